The van der Waals surface area contributed by atoms with Crippen LogP contribution in [0.1, 0.15) is 29.9 Å². The molecule has 18 heavy (non-hydrogen) atoms. The summed E-state index contributed by atoms with van der Waals surface area (Å²) in [4.78, 5) is 4.11. The topological polar surface area (TPSA) is 63.8 Å². The van der Waals surface area contributed by atoms with Crippen LogP contribution in [0.2, 0.25) is 0 Å². The van der Waals surface area contributed by atoms with Crippen molar-refractivity contribution in [2.45, 2.75) is 25.2 Å². The van der Waals surface area contributed by atoms with Gasteiger partial charge in [-0.25, -0.2) is 0 Å². The van der Waals surface area contributed by atoms with Crippen LogP contribution in [-0.4, -0.2) is 15.9 Å². The second-order valence-electron chi connectivity index (χ2n) is 4.62. The summed E-state index contributed by atoms with van der Waals surface area (Å²) in [5.74, 6) is 1.36. The Kier molecular flexibility index (Phi) is 3.15. The van der Waals surface area contributed by atoms with Gasteiger partial charge in [0, 0.05) is 24.5 Å². The second kappa shape index (κ2) is 4.94. The molecule has 0 aromatic carbocycles. The fraction of sp³-hybridized carbons (Fsp3) is 0.385. The Balaban J connectivity index is 1.60. The Bertz CT molecular complexity index is 519. The van der Waals surface area contributed by atoms with E-state index < -0.39 is 0 Å². The Labute approximate surface area is 110 Å². The van der Waals surface area contributed by atoms with E-state index in [-0.39, 0.29) is 0 Å². The molecule has 94 valence electrons. The summed E-state index contributed by atoms with van der Waals surface area (Å²) in [5.41, 5.74) is 8.40. The molecule has 1 fully saturated rings. The van der Waals surface area contributed by atoms with E-state index in [2.05, 4.69) is 20.7 Å². The van der Waals surface area contributed by atoms with Gasteiger partial charge in [0.25, 0.3) is 0 Å². The SMILES string of the molecule is Nc1nsc(NCCc2cccnc2)c1C1CC1. The lowest BCUT2D eigenvalue weighted by atomic mass is 10.2. The quantitative estimate of drug-likeness (QED) is 0.867. The van der Waals surface area contributed by atoms with Gasteiger partial charge in [-0.15, -0.1) is 0 Å². The molecule has 2 aromatic rings. The first-order chi connectivity index (χ1) is 8.84. The van der Waals surface area contributed by atoms with Crippen LogP contribution in [0.4, 0.5) is 10.8 Å². The summed E-state index contributed by atoms with van der Waals surface area (Å²) in [6, 6.07) is 4.06. The molecule has 3 N–H and O–H groups in total. The van der Waals surface area contributed by atoms with Crippen LogP contribution in [0.15, 0.2) is 24.5 Å². The average Bonchev–Trinajstić information content (AvgIpc) is 3.16. The maximum absolute atomic E-state index is 5.91. The van der Waals surface area contributed by atoms with E-state index in [0.29, 0.717) is 11.7 Å². The highest BCUT2D eigenvalue weighted by atomic mass is 32.1. The molecule has 0 bridgehead atoms. The van der Waals surface area contributed by atoms with Crippen molar-refractivity contribution in [2.24, 2.45) is 0 Å². The van der Waals surface area contributed by atoms with Crippen molar-refractivity contribution in [2.75, 3.05) is 17.6 Å². The lowest BCUT2D eigenvalue weighted by molar-refractivity contribution is 1.00. The van der Waals surface area contributed by atoms with Gasteiger partial charge in [-0.2, -0.15) is 4.37 Å². The molecular formula is C13H16N4S. The van der Waals surface area contributed by atoms with Crippen LogP contribution in [0.3, 0.4) is 0 Å². The van der Waals surface area contributed by atoms with Crippen molar-refractivity contribution in [3.8, 4) is 0 Å². The molecule has 0 spiro atoms. The number of pyridine rings is 1. The number of nitrogens with zero attached hydrogens (tertiary/aromatic N) is 2. The van der Waals surface area contributed by atoms with E-state index in [0.717, 1.165) is 18.0 Å². The average molecular weight is 260 g/mol. The number of nitrogens with one attached hydrogen (secondary N) is 1. The predicted molar refractivity (Wildman–Crippen MR) is 74.9 cm³/mol. The summed E-state index contributed by atoms with van der Waals surface area (Å²) >= 11 is 1.48. The van der Waals surface area contributed by atoms with Crippen molar-refractivity contribution in [3.63, 3.8) is 0 Å². The van der Waals surface area contributed by atoms with Crippen molar-refractivity contribution in [3.05, 3.63) is 35.7 Å². The molecule has 5 heteroatoms. The molecule has 0 unspecified atom stereocenters. The Morgan fingerprint density at radius 1 is 1.44 bits per heavy atom. The number of nitrogens with two attached hydrogens (primary N) is 1. The zero-order valence-electron chi connectivity index (χ0n) is 10.1. The third-order valence-electron chi connectivity index (χ3n) is 3.16. The van der Waals surface area contributed by atoms with Gasteiger partial charge in [0.2, 0.25) is 0 Å². The summed E-state index contributed by atoms with van der Waals surface area (Å²) in [6.07, 6.45) is 7.17. The molecule has 1 aliphatic carbocycles. The van der Waals surface area contributed by atoms with Gasteiger partial charge in [0.1, 0.15) is 10.8 Å². The monoisotopic (exact) mass is 260 g/mol. The zero-order valence-corrected chi connectivity index (χ0v) is 10.9. The fourth-order valence-electron chi connectivity index (χ4n) is 2.07. The van der Waals surface area contributed by atoms with Crippen molar-refractivity contribution in [1.82, 2.24) is 9.36 Å². The van der Waals surface area contributed by atoms with E-state index in [4.69, 9.17) is 5.73 Å². The molecule has 2 heterocycles. The van der Waals surface area contributed by atoms with Crippen LogP contribution >= 0.6 is 11.5 Å². The highest BCUT2D eigenvalue weighted by molar-refractivity contribution is 7.10. The standard InChI is InChI=1S/C13H16N4S/c14-12-11(10-3-4-10)13(18-17-12)16-7-5-9-2-1-6-15-8-9/h1-2,6,8,10,16H,3-5,7H2,(H2,14,17). The van der Waals surface area contributed by atoms with Crippen molar-refractivity contribution < 1.29 is 0 Å². The second-order valence-corrected chi connectivity index (χ2v) is 5.40. The number of aromatic nitrogens is 2. The molecule has 0 amide bonds. The molecule has 0 aliphatic heterocycles. The molecule has 4 nitrogen and oxygen atoms in total. The van der Waals surface area contributed by atoms with Gasteiger partial charge in [-0.1, -0.05) is 6.07 Å². The van der Waals surface area contributed by atoms with Crippen molar-refractivity contribution in [1.29, 1.82) is 0 Å². The Morgan fingerprint density at radius 2 is 2.33 bits per heavy atom. The van der Waals surface area contributed by atoms with Crippen LogP contribution < -0.4 is 11.1 Å². The van der Waals surface area contributed by atoms with Gasteiger partial charge >= 0.3 is 0 Å². The van der Waals surface area contributed by atoms with E-state index >= 15 is 0 Å². The van der Waals surface area contributed by atoms with Crippen LogP contribution in [-0.2, 0) is 6.42 Å². The predicted octanol–water partition coefficient (Wildman–Crippen LogP) is 2.65. The fourth-order valence-corrected chi connectivity index (χ4v) is 2.89. The molecule has 0 saturated heterocycles. The molecular weight excluding hydrogens is 244 g/mol. The summed E-state index contributed by atoms with van der Waals surface area (Å²) in [6.45, 7) is 0.896. The third-order valence-corrected chi connectivity index (χ3v) is 4.00. The number of hydrogen-bond donors (Lipinski definition) is 2. The summed E-state index contributed by atoms with van der Waals surface area (Å²) < 4.78 is 4.25. The smallest absolute Gasteiger partial charge is 0.142 e. The summed E-state index contributed by atoms with van der Waals surface area (Å²) in [5, 5.41) is 4.60. The first kappa shape index (κ1) is 11.5. The molecule has 0 atom stereocenters. The normalized spacial score (nSPS) is 14.7. The number of rotatable bonds is 5. The Hall–Kier alpha value is -1.62. The van der Waals surface area contributed by atoms with Gasteiger partial charge in [0.15, 0.2) is 0 Å². The van der Waals surface area contributed by atoms with Gasteiger partial charge < -0.3 is 11.1 Å². The third kappa shape index (κ3) is 2.46. The lowest BCUT2D eigenvalue weighted by Crippen LogP contribution is -2.05. The maximum Gasteiger partial charge on any atom is 0.142 e. The molecule has 1 aliphatic rings. The Morgan fingerprint density at radius 3 is 3.06 bits per heavy atom. The highest BCUT2D eigenvalue weighted by Gasteiger charge is 2.30. The molecule has 1 saturated carbocycles. The van der Waals surface area contributed by atoms with Gasteiger partial charge in [0.05, 0.1) is 0 Å². The molecule has 3 rings (SSSR count). The highest BCUT2D eigenvalue weighted by Crippen LogP contribution is 2.47. The number of anilines is 2. The lowest BCUT2D eigenvalue weighted by Gasteiger charge is -2.06. The minimum Gasteiger partial charge on any atom is -0.383 e. The van der Waals surface area contributed by atoms with Gasteiger partial charge in [-0.05, 0) is 48.3 Å². The minimum absolute atomic E-state index is 0.643. The van der Waals surface area contributed by atoms with E-state index in [1.807, 2.05) is 12.3 Å². The van der Waals surface area contributed by atoms with E-state index in [1.165, 1.54) is 35.5 Å². The van der Waals surface area contributed by atoms with Crippen LogP contribution in [0.5, 0.6) is 0 Å². The molecule has 0 radical (unpaired) electrons. The number of nitrogen functional groups attached to an aromatic ring is 1. The number of hydrogen-bond acceptors (Lipinski definition) is 5. The molecule has 2 aromatic heterocycles. The first-order valence-corrected chi connectivity index (χ1v) is 7.00. The van der Waals surface area contributed by atoms with E-state index in [9.17, 15) is 0 Å². The zero-order chi connectivity index (χ0) is 12.4. The largest absolute Gasteiger partial charge is 0.383 e. The minimum atomic E-state index is 0.643. The van der Waals surface area contributed by atoms with Crippen LogP contribution in [0, 0.1) is 0 Å². The first-order valence-electron chi connectivity index (χ1n) is 6.22. The van der Waals surface area contributed by atoms with Crippen molar-refractivity contribution >= 4 is 22.4 Å². The van der Waals surface area contributed by atoms with E-state index in [1.54, 1.807) is 6.20 Å². The maximum atomic E-state index is 5.91. The summed E-state index contributed by atoms with van der Waals surface area (Å²) in [7, 11) is 0. The van der Waals surface area contributed by atoms with Crippen LogP contribution in [0.25, 0.3) is 0 Å². The van der Waals surface area contributed by atoms with Gasteiger partial charge in [-0.3, -0.25) is 4.98 Å².